The van der Waals surface area contributed by atoms with Crippen molar-refractivity contribution in [2.24, 2.45) is 23.7 Å². The van der Waals surface area contributed by atoms with Crippen LogP contribution in [0.5, 0.6) is 0 Å². The monoisotopic (exact) mass is 182 g/mol. The molecule has 3 aliphatic rings. The first-order valence-corrected chi connectivity index (χ1v) is 5.06. The van der Waals surface area contributed by atoms with Gasteiger partial charge < -0.3 is 5.11 Å². The molecular weight excluding hydrogens is 167 g/mol. The quantitative estimate of drug-likeness (QED) is 0.567. The molecule has 0 radical (unpaired) electrons. The molecule has 0 aromatic rings. The topological polar surface area (TPSA) is 20.2 Å². The Balaban J connectivity index is 2.04. The zero-order valence-corrected chi connectivity index (χ0v) is 8.00. The molecular formula is C11H15FO. The third kappa shape index (κ3) is 0.622. The fourth-order valence-corrected chi connectivity index (χ4v) is 3.89. The van der Waals surface area contributed by atoms with Crippen LogP contribution in [0.4, 0.5) is 4.39 Å². The summed E-state index contributed by atoms with van der Waals surface area (Å²) in [7, 11) is 0. The van der Waals surface area contributed by atoms with Gasteiger partial charge in [0.1, 0.15) is 5.67 Å². The average molecular weight is 182 g/mol. The molecule has 6 unspecified atom stereocenters. The average Bonchev–Trinajstić information content (AvgIpc) is 2.60. The highest BCUT2D eigenvalue weighted by molar-refractivity contribution is 5.30. The van der Waals surface area contributed by atoms with E-state index in [4.69, 9.17) is 0 Å². The van der Waals surface area contributed by atoms with Crippen molar-refractivity contribution in [2.75, 3.05) is 0 Å². The fourth-order valence-electron chi connectivity index (χ4n) is 3.89. The zero-order chi connectivity index (χ0) is 9.43. The van der Waals surface area contributed by atoms with Crippen LogP contribution in [0.1, 0.15) is 20.3 Å². The van der Waals surface area contributed by atoms with Gasteiger partial charge in [-0.05, 0) is 32.1 Å². The Morgan fingerprint density at radius 1 is 1.23 bits per heavy atom. The van der Waals surface area contributed by atoms with Gasteiger partial charge in [0.15, 0.2) is 0 Å². The van der Waals surface area contributed by atoms with Gasteiger partial charge in [-0.15, -0.1) is 0 Å². The summed E-state index contributed by atoms with van der Waals surface area (Å²) in [5, 5.41) is 10.0. The normalized spacial score (nSPS) is 68.0. The summed E-state index contributed by atoms with van der Waals surface area (Å²) in [4.78, 5) is 0. The van der Waals surface area contributed by atoms with Gasteiger partial charge in [-0.25, -0.2) is 4.39 Å². The summed E-state index contributed by atoms with van der Waals surface area (Å²) < 4.78 is 14.1. The number of hydrogen-bond donors (Lipinski definition) is 1. The molecule has 2 heteroatoms. The molecule has 2 bridgehead atoms. The van der Waals surface area contributed by atoms with Gasteiger partial charge >= 0.3 is 0 Å². The first kappa shape index (κ1) is 7.98. The Hall–Kier alpha value is -0.370. The Morgan fingerprint density at radius 3 is 2.31 bits per heavy atom. The van der Waals surface area contributed by atoms with Gasteiger partial charge in [0.2, 0.25) is 0 Å². The van der Waals surface area contributed by atoms with Crippen LogP contribution in [0.3, 0.4) is 0 Å². The number of rotatable bonds is 0. The second kappa shape index (κ2) is 1.85. The summed E-state index contributed by atoms with van der Waals surface area (Å²) in [6, 6.07) is 0. The molecule has 0 saturated heterocycles. The summed E-state index contributed by atoms with van der Waals surface area (Å²) in [5.74, 6) is 1.09. The third-order valence-electron chi connectivity index (χ3n) is 4.72. The number of aliphatic hydroxyl groups is 1. The molecule has 2 saturated carbocycles. The van der Waals surface area contributed by atoms with Crippen molar-refractivity contribution in [3.8, 4) is 0 Å². The van der Waals surface area contributed by atoms with E-state index in [1.165, 1.54) is 0 Å². The van der Waals surface area contributed by atoms with Gasteiger partial charge in [0.05, 0.1) is 5.60 Å². The summed E-state index contributed by atoms with van der Waals surface area (Å²) in [6.45, 7) is 3.21. The number of hydrogen-bond acceptors (Lipinski definition) is 1. The van der Waals surface area contributed by atoms with Gasteiger partial charge in [-0.2, -0.15) is 0 Å². The summed E-state index contributed by atoms with van der Waals surface area (Å²) in [6.07, 6.45) is 5.36. The van der Waals surface area contributed by atoms with E-state index < -0.39 is 11.3 Å². The van der Waals surface area contributed by atoms with E-state index in [1.54, 1.807) is 13.8 Å². The van der Waals surface area contributed by atoms with Gasteiger partial charge in [-0.3, -0.25) is 0 Å². The lowest BCUT2D eigenvalue weighted by molar-refractivity contribution is -0.254. The highest BCUT2D eigenvalue weighted by Gasteiger charge is 2.74. The number of fused-ring (bicyclic) bond motifs is 5. The molecule has 1 nitrogen and oxygen atoms in total. The lowest BCUT2D eigenvalue weighted by atomic mass is 9.49. The maximum atomic E-state index is 14.1. The predicted octanol–water partition coefficient (Wildman–Crippen LogP) is 1.92. The van der Waals surface area contributed by atoms with Crippen molar-refractivity contribution < 1.29 is 9.50 Å². The molecule has 1 N–H and O–H groups in total. The minimum Gasteiger partial charge on any atom is -0.387 e. The highest BCUT2D eigenvalue weighted by Crippen LogP contribution is 2.68. The van der Waals surface area contributed by atoms with Crippen LogP contribution in [0.15, 0.2) is 12.2 Å². The smallest absolute Gasteiger partial charge is 0.140 e. The van der Waals surface area contributed by atoms with E-state index in [2.05, 4.69) is 12.2 Å². The van der Waals surface area contributed by atoms with Crippen LogP contribution in [0.25, 0.3) is 0 Å². The van der Waals surface area contributed by atoms with Crippen molar-refractivity contribution in [1.82, 2.24) is 0 Å². The minimum absolute atomic E-state index is 0.0810. The first-order chi connectivity index (χ1) is 5.96. The van der Waals surface area contributed by atoms with Crippen molar-refractivity contribution in [3.63, 3.8) is 0 Å². The van der Waals surface area contributed by atoms with E-state index in [-0.39, 0.29) is 11.8 Å². The molecule has 0 aromatic heterocycles. The van der Waals surface area contributed by atoms with E-state index in [1.807, 2.05) is 0 Å². The molecule has 3 rings (SSSR count). The van der Waals surface area contributed by atoms with Crippen molar-refractivity contribution in [3.05, 3.63) is 12.2 Å². The number of alkyl halides is 1. The Morgan fingerprint density at radius 2 is 1.77 bits per heavy atom. The molecule has 0 spiro atoms. The van der Waals surface area contributed by atoms with E-state index in [9.17, 15) is 9.50 Å². The maximum Gasteiger partial charge on any atom is 0.140 e. The SMILES string of the molecule is CC1(O)C2C3C=CC(C3)C2C1(C)F. The molecule has 6 atom stereocenters. The van der Waals surface area contributed by atoms with Crippen LogP contribution in [0.2, 0.25) is 0 Å². The molecule has 3 aliphatic carbocycles. The molecule has 0 amide bonds. The minimum atomic E-state index is -1.37. The number of allylic oxidation sites excluding steroid dienone is 2. The molecule has 72 valence electrons. The largest absolute Gasteiger partial charge is 0.387 e. The maximum absolute atomic E-state index is 14.1. The van der Waals surface area contributed by atoms with Crippen molar-refractivity contribution in [1.29, 1.82) is 0 Å². The predicted molar refractivity (Wildman–Crippen MR) is 47.9 cm³/mol. The zero-order valence-electron chi connectivity index (χ0n) is 8.00. The second-order valence-electron chi connectivity index (χ2n) is 5.22. The van der Waals surface area contributed by atoms with Gasteiger partial charge in [-0.1, -0.05) is 12.2 Å². The molecule has 13 heavy (non-hydrogen) atoms. The molecule has 0 aliphatic heterocycles. The third-order valence-corrected chi connectivity index (χ3v) is 4.72. The van der Waals surface area contributed by atoms with E-state index in [0.29, 0.717) is 11.8 Å². The highest BCUT2D eigenvalue weighted by atomic mass is 19.1. The summed E-state index contributed by atoms with van der Waals surface area (Å²) in [5.41, 5.74) is -2.47. The standard InChI is InChI=1S/C11H15FO/c1-10(12)8-6-3-4-7(5-6)9(8)11(10,2)13/h3-4,6-9,13H,5H2,1-2H3. The molecule has 0 heterocycles. The van der Waals surface area contributed by atoms with Crippen LogP contribution >= 0.6 is 0 Å². The molecule has 2 fully saturated rings. The van der Waals surface area contributed by atoms with Crippen molar-refractivity contribution in [2.45, 2.75) is 31.5 Å². The number of halogens is 1. The van der Waals surface area contributed by atoms with Crippen LogP contribution in [0, 0.1) is 23.7 Å². The van der Waals surface area contributed by atoms with Crippen LogP contribution < -0.4 is 0 Å². The second-order valence-corrected chi connectivity index (χ2v) is 5.22. The van der Waals surface area contributed by atoms with E-state index >= 15 is 0 Å². The van der Waals surface area contributed by atoms with Gasteiger partial charge in [0.25, 0.3) is 0 Å². The first-order valence-electron chi connectivity index (χ1n) is 5.06. The molecule has 0 aromatic carbocycles. The lowest BCUT2D eigenvalue weighted by Gasteiger charge is -2.60. The van der Waals surface area contributed by atoms with Gasteiger partial charge in [0, 0.05) is 11.8 Å². The Bertz CT molecular complexity index is 264. The fraction of sp³-hybridized carbons (Fsp3) is 0.818. The van der Waals surface area contributed by atoms with Crippen LogP contribution in [-0.2, 0) is 0 Å². The Kier molecular flexibility index (Phi) is 1.14. The lowest BCUT2D eigenvalue weighted by Crippen LogP contribution is -2.71. The van der Waals surface area contributed by atoms with Crippen molar-refractivity contribution >= 4 is 0 Å². The van der Waals surface area contributed by atoms with E-state index in [0.717, 1.165) is 6.42 Å². The Labute approximate surface area is 77.6 Å². The van der Waals surface area contributed by atoms with Crippen LogP contribution in [-0.4, -0.2) is 16.4 Å². The summed E-state index contributed by atoms with van der Waals surface area (Å²) >= 11 is 0.